The van der Waals surface area contributed by atoms with E-state index in [9.17, 15) is 9.18 Å². The summed E-state index contributed by atoms with van der Waals surface area (Å²) in [4.78, 5) is 10.4. The average Bonchev–Trinajstić information content (AvgIpc) is 2.51. The normalized spacial score (nSPS) is 12.8. The van der Waals surface area contributed by atoms with E-state index in [-0.39, 0.29) is 11.6 Å². The molecule has 0 aliphatic rings. The Kier molecular flexibility index (Phi) is 2.47. The molecule has 0 radical (unpaired) electrons. The highest BCUT2D eigenvalue weighted by Gasteiger charge is 2.07. The summed E-state index contributed by atoms with van der Waals surface area (Å²) in [5.41, 5.74) is 0.190. The van der Waals surface area contributed by atoms with Gasteiger partial charge in [0.15, 0.2) is 0 Å². The number of carbonyl (C=O) groups is 1. The van der Waals surface area contributed by atoms with Gasteiger partial charge in [-0.3, -0.25) is 0 Å². The van der Waals surface area contributed by atoms with Gasteiger partial charge in [0.25, 0.3) is 0 Å². The first-order valence-corrected chi connectivity index (χ1v) is 3.62. The van der Waals surface area contributed by atoms with Crippen molar-refractivity contribution in [2.75, 3.05) is 6.67 Å². The maximum absolute atomic E-state index is 12.1. The number of alkyl halides is 1. The molecule has 3 nitrogen and oxygen atoms in total. The van der Waals surface area contributed by atoms with E-state index in [1.807, 2.05) is 0 Å². The van der Waals surface area contributed by atoms with Gasteiger partial charge in [-0.05, 0) is 13.0 Å². The first-order chi connectivity index (χ1) is 5.65. The van der Waals surface area contributed by atoms with Crippen LogP contribution in [0.1, 0.15) is 23.3 Å². The fourth-order valence-corrected chi connectivity index (χ4v) is 0.893. The van der Waals surface area contributed by atoms with Crippen molar-refractivity contribution in [3.05, 3.63) is 24.0 Å². The molecule has 0 fully saturated rings. The first-order valence-electron chi connectivity index (χ1n) is 3.62. The van der Waals surface area contributed by atoms with Gasteiger partial charge in [-0.1, -0.05) is 0 Å². The molecule has 1 N–H and O–H groups in total. The van der Waals surface area contributed by atoms with Gasteiger partial charge < -0.3 is 9.67 Å². The van der Waals surface area contributed by atoms with Crippen molar-refractivity contribution in [1.82, 2.24) is 4.57 Å². The van der Waals surface area contributed by atoms with E-state index in [4.69, 9.17) is 5.11 Å². The van der Waals surface area contributed by atoms with Crippen LogP contribution in [0.5, 0.6) is 0 Å². The first kappa shape index (κ1) is 8.77. The number of aromatic carboxylic acids is 1. The molecule has 0 aliphatic carbocycles. The SMILES string of the molecule is CC(CF)n1ccc(C(=O)O)c1. The van der Waals surface area contributed by atoms with Crippen molar-refractivity contribution in [2.24, 2.45) is 0 Å². The molecule has 0 saturated heterocycles. The molecule has 0 aliphatic heterocycles. The zero-order valence-corrected chi connectivity index (χ0v) is 6.70. The molecule has 1 aromatic heterocycles. The van der Waals surface area contributed by atoms with Crippen LogP contribution in [0.15, 0.2) is 18.5 Å². The quantitative estimate of drug-likeness (QED) is 0.752. The van der Waals surface area contributed by atoms with E-state index in [1.54, 1.807) is 17.7 Å². The predicted molar refractivity (Wildman–Crippen MR) is 42.1 cm³/mol. The number of carboxylic acids is 1. The Balaban J connectivity index is 2.84. The number of carboxylic acid groups (broad SMARTS) is 1. The van der Waals surface area contributed by atoms with Gasteiger partial charge in [-0.25, -0.2) is 9.18 Å². The number of nitrogens with zero attached hydrogens (tertiary/aromatic N) is 1. The second-order valence-corrected chi connectivity index (χ2v) is 2.66. The Morgan fingerprint density at radius 3 is 2.92 bits per heavy atom. The summed E-state index contributed by atoms with van der Waals surface area (Å²) in [6, 6.07) is 1.16. The van der Waals surface area contributed by atoms with Gasteiger partial charge in [0, 0.05) is 12.4 Å². The molecule has 0 amide bonds. The van der Waals surface area contributed by atoms with E-state index >= 15 is 0 Å². The summed E-state index contributed by atoms with van der Waals surface area (Å²) in [5.74, 6) is -0.986. The third-order valence-corrected chi connectivity index (χ3v) is 1.69. The Morgan fingerprint density at radius 1 is 1.83 bits per heavy atom. The lowest BCUT2D eigenvalue weighted by atomic mass is 10.3. The Labute approximate surface area is 69.4 Å². The van der Waals surface area contributed by atoms with E-state index in [0.717, 1.165) is 0 Å². The van der Waals surface area contributed by atoms with Crippen molar-refractivity contribution in [3.63, 3.8) is 0 Å². The molecule has 1 rings (SSSR count). The molecule has 1 atom stereocenters. The lowest BCUT2D eigenvalue weighted by Crippen LogP contribution is -2.04. The fraction of sp³-hybridized carbons (Fsp3) is 0.375. The molecule has 0 spiro atoms. The number of rotatable bonds is 3. The van der Waals surface area contributed by atoms with Crippen LogP contribution in [-0.2, 0) is 0 Å². The van der Waals surface area contributed by atoms with Gasteiger partial charge in [0.1, 0.15) is 6.67 Å². The minimum Gasteiger partial charge on any atom is -0.478 e. The van der Waals surface area contributed by atoms with Crippen molar-refractivity contribution in [3.8, 4) is 0 Å². The van der Waals surface area contributed by atoms with Crippen LogP contribution >= 0.6 is 0 Å². The van der Waals surface area contributed by atoms with Crippen molar-refractivity contribution >= 4 is 5.97 Å². The summed E-state index contributed by atoms with van der Waals surface area (Å²) < 4.78 is 13.7. The second kappa shape index (κ2) is 3.38. The minimum absolute atomic E-state index is 0.190. The van der Waals surface area contributed by atoms with Gasteiger partial charge in [-0.15, -0.1) is 0 Å². The number of halogens is 1. The fourth-order valence-electron chi connectivity index (χ4n) is 0.893. The third kappa shape index (κ3) is 1.64. The standard InChI is InChI=1S/C8H10FNO2/c1-6(4-9)10-3-2-7(5-10)8(11)12/h2-3,5-6H,4H2,1H3,(H,11,12). The van der Waals surface area contributed by atoms with Crippen LogP contribution < -0.4 is 0 Å². The highest BCUT2D eigenvalue weighted by atomic mass is 19.1. The van der Waals surface area contributed by atoms with Gasteiger partial charge >= 0.3 is 5.97 Å². The molecule has 1 unspecified atom stereocenters. The summed E-state index contributed by atoms with van der Waals surface area (Å²) in [6.45, 7) is 1.19. The van der Waals surface area contributed by atoms with E-state index < -0.39 is 12.6 Å². The Bertz CT molecular complexity index is 282. The summed E-state index contributed by atoms with van der Waals surface area (Å²) in [6.07, 6.45) is 2.99. The van der Waals surface area contributed by atoms with Crippen LogP contribution in [0.3, 0.4) is 0 Å². The molecule has 0 saturated carbocycles. The maximum Gasteiger partial charge on any atom is 0.337 e. The van der Waals surface area contributed by atoms with Crippen LogP contribution in [0, 0.1) is 0 Å². The maximum atomic E-state index is 12.1. The molecule has 1 heterocycles. The number of aromatic nitrogens is 1. The molecular weight excluding hydrogens is 161 g/mol. The van der Waals surface area contributed by atoms with Gasteiger partial charge in [0.2, 0.25) is 0 Å². The third-order valence-electron chi connectivity index (χ3n) is 1.69. The Morgan fingerprint density at radius 2 is 2.50 bits per heavy atom. The molecule has 12 heavy (non-hydrogen) atoms. The molecule has 1 aromatic rings. The minimum atomic E-state index is -0.986. The van der Waals surface area contributed by atoms with Crippen LogP contribution in [0.4, 0.5) is 4.39 Å². The van der Waals surface area contributed by atoms with Gasteiger partial charge in [-0.2, -0.15) is 0 Å². The predicted octanol–water partition coefficient (Wildman–Crippen LogP) is 1.72. The molecule has 0 bridgehead atoms. The summed E-state index contributed by atoms with van der Waals surface area (Å²) >= 11 is 0. The molecule has 66 valence electrons. The zero-order valence-electron chi connectivity index (χ0n) is 6.70. The number of hydrogen-bond donors (Lipinski definition) is 1. The average molecular weight is 171 g/mol. The molecular formula is C8H10FNO2. The smallest absolute Gasteiger partial charge is 0.337 e. The topological polar surface area (TPSA) is 42.2 Å². The highest BCUT2D eigenvalue weighted by molar-refractivity contribution is 5.87. The summed E-state index contributed by atoms with van der Waals surface area (Å²) in [7, 11) is 0. The van der Waals surface area contributed by atoms with Crippen LogP contribution in [0.25, 0.3) is 0 Å². The Hall–Kier alpha value is -1.32. The largest absolute Gasteiger partial charge is 0.478 e. The van der Waals surface area contributed by atoms with Crippen molar-refractivity contribution in [1.29, 1.82) is 0 Å². The van der Waals surface area contributed by atoms with E-state index in [2.05, 4.69) is 0 Å². The lowest BCUT2D eigenvalue weighted by Gasteiger charge is -2.07. The molecule has 0 aromatic carbocycles. The van der Waals surface area contributed by atoms with E-state index in [1.165, 1.54) is 12.3 Å². The van der Waals surface area contributed by atoms with Gasteiger partial charge in [0.05, 0.1) is 11.6 Å². The monoisotopic (exact) mass is 171 g/mol. The molecule has 4 heteroatoms. The lowest BCUT2D eigenvalue weighted by molar-refractivity contribution is 0.0696. The van der Waals surface area contributed by atoms with Crippen LogP contribution in [0.2, 0.25) is 0 Å². The van der Waals surface area contributed by atoms with Crippen molar-refractivity contribution in [2.45, 2.75) is 13.0 Å². The number of hydrogen-bond acceptors (Lipinski definition) is 1. The highest BCUT2D eigenvalue weighted by Crippen LogP contribution is 2.09. The van der Waals surface area contributed by atoms with Crippen molar-refractivity contribution < 1.29 is 14.3 Å². The van der Waals surface area contributed by atoms with E-state index in [0.29, 0.717) is 0 Å². The van der Waals surface area contributed by atoms with Crippen LogP contribution in [-0.4, -0.2) is 22.3 Å². The summed E-state index contributed by atoms with van der Waals surface area (Å²) in [5, 5.41) is 8.55. The zero-order chi connectivity index (χ0) is 9.14. The second-order valence-electron chi connectivity index (χ2n) is 2.66.